The highest BCUT2D eigenvalue weighted by Gasteiger charge is 2.03. The van der Waals surface area contributed by atoms with Crippen molar-refractivity contribution in [1.82, 2.24) is 4.98 Å². The van der Waals surface area contributed by atoms with Crippen LogP contribution in [0.3, 0.4) is 0 Å². The summed E-state index contributed by atoms with van der Waals surface area (Å²) >= 11 is 1.83. The predicted octanol–water partition coefficient (Wildman–Crippen LogP) is 3.31. The zero-order chi connectivity index (χ0) is 11.8. The van der Waals surface area contributed by atoms with Gasteiger partial charge in [-0.1, -0.05) is 6.42 Å². The average molecular weight is 246 g/mol. The number of pyridine rings is 1. The normalized spacial score (nSPS) is 10.4. The van der Waals surface area contributed by atoms with Gasteiger partial charge < -0.3 is 5.32 Å². The van der Waals surface area contributed by atoms with Gasteiger partial charge in [-0.05, 0) is 24.9 Å². The molecule has 0 bridgehead atoms. The Kier molecular flexibility index (Phi) is 6.15. The zero-order valence-electron chi connectivity index (χ0n) is 9.30. The second kappa shape index (κ2) is 7.44. The Balaban J connectivity index is 2.21. The number of aromatic nitrogens is 1. The second-order valence-electron chi connectivity index (χ2n) is 3.46. The molecule has 0 unspecified atom stereocenters. The lowest BCUT2D eigenvalue weighted by atomic mass is 10.2. The number of unbranched alkanes of at least 4 members (excludes halogenated alkanes) is 2. The summed E-state index contributed by atoms with van der Waals surface area (Å²) in [5.74, 6) is 0.00165. The van der Waals surface area contributed by atoms with Crippen LogP contribution >= 0.6 is 11.8 Å². The zero-order valence-corrected chi connectivity index (χ0v) is 10.1. The summed E-state index contributed by atoms with van der Waals surface area (Å²) in [6.45, 7) is 0.671. The van der Waals surface area contributed by atoms with Crippen molar-refractivity contribution in [3.8, 4) is 0 Å². The standard InChI is InChI=1S/C11H16F2N2S/c1-16-6-4-2-3-5-14-11-10(13)7-9(12)8-15-11/h7-8H,2-6H2,1H3,(H,14,15). The summed E-state index contributed by atoms with van der Waals surface area (Å²) in [5.41, 5.74) is 0. The largest absolute Gasteiger partial charge is 0.368 e. The Morgan fingerprint density at radius 1 is 1.31 bits per heavy atom. The highest BCUT2D eigenvalue weighted by Crippen LogP contribution is 2.11. The molecule has 0 saturated carbocycles. The molecule has 0 radical (unpaired) electrons. The lowest BCUT2D eigenvalue weighted by Gasteiger charge is -2.05. The molecule has 0 saturated heterocycles. The van der Waals surface area contributed by atoms with Crippen molar-refractivity contribution in [1.29, 1.82) is 0 Å². The summed E-state index contributed by atoms with van der Waals surface area (Å²) in [4.78, 5) is 3.65. The van der Waals surface area contributed by atoms with Crippen LogP contribution in [-0.4, -0.2) is 23.5 Å². The molecule has 0 aromatic carbocycles. The van der Waals surface area contributed by atoms with Crippen molar-refractivity contribution in [2.75, 3.05) is 23.9 Å². The fourth-order valence-electron chi connectivity index (χ4n) is 1.30. The van der Waals surface area contributed by atoms with Crippen LogP contribution in [0.5, 0.6) is 0 Å². The first-order valence-corrected chi connectivity index (χ1v) is 6.67. The molecule has 1 N–H and O–H groups in total. The maximum Gasteiger partial charge on any atom is 0.168 e. The molecular formula is C11H16F2N2S. The van der Waals surface area contributed by atoms with Gasteiger partial charge in [0.15, 0.2) is 11.6 Å². The van der Waals surface area contributed by atoms with Gasteiger partial charge in [0.05, 0.1) is 6.20 Å². The molecule has 1 aromatic rings. The van der Waals surface area contributed by atoms with Gasteiger partial charge in [-0.25, -0.2) is 13.8 Å². The van der Waals surface area contributed by atoms with Gasteiger partial charge in [0, 0.05) is 12.6 Å². The van der Waals surface area contributed by atoms with Gasteiger partial charge in [-0.2, -0.15) is 11.8 Å². The number of hydrogen-bond acceptors (Lipinski definition) is 3. The number of rotatable bonds is 7. The molecule has 1 rings (SSSR count). The molecule has 2 nitrogen and oxygen atoms in total. The van der Waals surface area contributed by atoms with Crippen molar-refractivity contribution in [3.63, 3.8) is 0 Å². The number of thioether (sulfide) groups is 1. The number of nitrogens with one attached hydrogen (secondary N) is 1. The van der Waals surface area contributed by atoms with Gasteiger partial charge in [0.25, 0.3) is 0 Å². The van der Waals surface area contributed by atoms with E-state index in [9.17, 15) is 8.78 Å². The van der Waals surface area contributed by atoms with Crippen LogP contribution in [0.1, 0.15) is 19.3 Å². The van der Waals surface area contributed by atoms with Crippen LogP contribution in [0.15, 0.2) is 12.3 Å². The van der Waals surface area contributed by atoms with Crippen LogP contribution < -0.4 is 5.32 Å². The van der Waals surface area contributed by atoms with Crippen LogP contribution in [0.2, 0.25) is 0 Å². The van der Waals surface area contributed by atoms with Crippen LogP contribution in [0.25, 0.3) is 0 Å². The smallest absolute Gasteiger partial charge is 0.168 e. The fourth-order valence-corrected chi connectivity index (χ4v) is 1.79. The Hall–Kier alpha value is -0.840. The number of anilines is 1. The third-order valence-corrected chi connectivity index (χ3v) is 2.82. The van der Waals surface area contributed by atoms with Crippen LogP contribution in [0.4, 0.5) is 14.6 Å². The Morgan fingerprint density at radius 2 is 2.12 bits per heavy atom. The van der Waals surface area contributed by atoms with E-state index in [0.717, 1.165) is 30.9 Å². The van der Waals surface area contributed by atoms with E-state index in [1.54, 1.807) is 0 Å². The maximum absolute atomic E-state index is 13.1. The fraction of sp³-hybridized carbons (Fsp3) is 0.545. The van der Waals surface area contributed by atoms with Crippen molar-refractivity contribution in [2.24, 2.45) is 0 Å². The van der Waals surface area contributed by atoms with Gasteiger partial charge >= 0.3 is 0 Å². The number of halogens is 2. The van der Waals surface area contributed by atoms with E-state index in [1.165, 1.54) is 6.42 Å². The molecule has 0 atom stereocenters. The van der Waals surface area contributed by atoms with E-state index in [2.05, 4.69) is 16.6 Å². The molecule has 5 heteroatoms. The molecule has 90 valence electrons. The molecule has 0 aliphatic rings. The molecule has 0 amide bonds. The molecule has 16 heavy (non-hydrogen) atoms. The summed E-state index contributed by atoms with van der Waals surface area (Å²) < 4.78 is 25.7. The second-order valence-corrected chi connectivity index (χ2v) is 4.45. The molecule has 1 heterocycles. The topological polar surface area (TPSA) is 24.9 Å². The minimum atomic E-state index is -0.650. The summed E-state index contributed by atoms with van der Waals surface area (Å²) in [6.07, 6.45) is 6.34. The van der Waals surface area contributed by atoms with E-state index >= 15 is 0 Å². The summed E-state index contributed by atoms with van der Waals surface area (Å²) in [6, 6.07) is 0.836. The Bertz CT molecular complexity index is 321. The third-order valence-electron chi connectivity index (χ3n) is 2.13. The van der Waals surface area contributed by atoms with Crippen molar-refractivity contribution in [2.45, 2.75) is 19.3 Å². The quantitative estimate of drug-likeness (QED) is 0.747. The summed E-state index contributed by atoms with van der Waals surface area (Å²) in [5, 5.41) is 2.86. The predicted molar refractivity (Wildman–Crippen MR) is 64.9 cm³/mol. The minimum absolute atomic E-state index is 0.131. The van der Waals surface area contributed by atoms with E-state index < -0.39 is 11.6 Å². The lowest BCUT2D eigenvalue weighted by Crippen LogP contribution is -2.05. The van der Waals surface area contributed by atoms with Gasteiger partial charge in [-0.15, -0.1) is 0 Å². The van der Waals surface area contributed by atoms with E-state index in [4.69, 9.17) is 0 Å². The van der Waals surface area contributed by atoms with Crippen LogP contribution in [0, 0.1) is 11.6 Å². The van der Waals surface area contributed by atoms with Gasteiger partial charge in [0.2, 0.25) is 0 Å². The third kappa shape index (κ3) is 4.79. The minimum Gasteiger partial charge on any atom is -0.368 e. The lowest BCUT2D eigenvalue weighted by molar-refractivity contribution is 0.575. The van der Waals surface area contributed by atoms with Gasteiger partial charge in [-0.3, -0.25) is 0 Å². The van der Waals surface area contributed by atoms with E-state index in [-0.39, 0.29) is 5.82 Å². The summed E-state index contributed by atoms with van der Waals surface area (Å²) in [7, 11) is 0. The molecule has 0 fully saturated rings. The maximum atomic E-state index is 13.1. The van der Waals surface area contributed by atoms with Crippen LogP contribution in [-0.2, 0) is 0 Å². The first-order chi connectivity index (χ1) is 7.74. The number of hydrogen-bond donors (Lipinski definition) is 1. The van der Waals surface area contributed by atoms with Crippen molar-refractivity contribution < 1.29 is 8.78 Å². The highest BCUT2D eigenvalue weighted by molar-refractivity contribution is 7.98. The highest BCUT2D eigenvalue weighted by atomic mass is 32.2. The van der Waals surface area contributed by atoms with Gasteiger partial charge in [0.1, 0.15) is 5.82 Å². The van der Waals surface area contributed by atoms with E-state index in [0.29, 0.717) is 6.54 Å². The molecule has 1 aromatic heterocycles. The van der Waals surface area contributed by atoms with Crippen molar-refractivity contribution in [3.05, 3.63) is 23.9 Å². The monoisotopic (exact) mass is 246 g/mol. The number of nitrogens with zero attached hydrogens (tertiary/aromatic N) is 1. The Labute approximate surface area is 98.8 Å². The average Bonchev–Trinajstić information content (AvgIpc) is 2.26. The molecule has 0 aliphatic heterocycles. The first-order valence-electron chi connectivity index (χ1n) is 5.28. The molecule has 0 aliphatic carbocycles. The Morgan fingerprint density at radius 3 is 2.81 bits per heavy atom. The molecule has 0 spiro atoms. The van der Waals surface area contributed by atoms with Crippen molar-refractivity contribution >= 4 is 17.6 Å². The van der Waals surface area contributed by atoms with E-state index in [1.807, 2.05) is 11.8 Å². The first kappa shape index (κ1) is 13.2. The molecular weight excluding hydrogens is 230 g/mol. The SMILES string of the molecule is CSCCCCCNc1ncc(F)cc1F.